The van der Waals surface area contributed by atoms with E-state index in [1.54, 1.807) is 0 Å². The maximum absolute atomic E-state index is 5.45. The lowest BCUT2D eigenvalue weighted by Gasteiger charge is -2.29. The standard InChI is InChI=1S/C16H32O4/c1-13(2,3)17-19-15(7,8)11-12-16(9,10)20-18-14(4,5)6/h11-12H,1-10H3. The molecule has 0 unspecified atom stereocenters. The van der Waals surface area contributed by atoms with Gasteiger partial charge in [0.05, 0.1) is 11.2 Å². The van der Waals surface area contributed by atoms with Crippen molar-refractivity contribution >= 4 is 0 Å². The zero-order valence-corrected chi connectivity index (χ0v) is 14.8. The molecule has 0 aromatic carbocycles. The predicted molar refractivity (Wildman–Crippen MR) is 81.1 cm³/mol. The smallest absolute Gasteiger partial charge is 0.116 e. The van der Waals surface area contributed by atoms with E-state index in [0.717, 1.165) is 0 Å². The minimum Gasteiger partial charge on any atom is -0.230 e. The van der Waals surface area contributed by atoms with Crippen LogP contribution in [0.5, 0.6) is 0 Å². The van der Waals surface area contributed by atoms with Gasteiger partial charge in [-0.15, -0.1) is 0 Å². The highest BCUT2D eigenvalue weighted by Crippen LogP contribution is 2.22. The van der Waals surface area contributed by atoms with E-state index >= 15 is 0 Å². The molecule has 20 heavy (non-hydrogen) atoms. The van der Waals surface area contributed by atoms with E-state index in [0.29, 0.717) is 0 Å². The third kappa shape index (κ3) is 11.4. The quantitative estimate of drug-likeness (QED) is 0.407. The van der Waals surface area contributed by atoms with Crippen molar-refractivity contribution in [2.75, 3.05) is 0 Å². The van der Waals surface area contributed by atoms with Crippen molar-refractivity contribution in [3.05, 3.63) is 12.2 Å². The molecule has 0 fully saturated rings. The molecule has 0 aliphatic rings. The fourth-order valence-corrected chi connectivity index (χ4v) is 0.922. The minimum atomic E-state index is -0.546. The van der Waals surface area contributed by atoms with Gasteiger partial charge in [0, 0.05) is 0 Å². The summed E-state index contributed by atoms with van der Waals surface area (Å²) in [7, 11) is 0. The van der Waals surface area contributed by atoms with Crippen LogP contribution in [0.15, 0.2) is 12.2 Å². The third-order valence-corrected chi connectivity index (χ3v) is 1.90. The molecule has 0 aromatic heterocycles. The minimum absolute atomic E-state index is 0.341. The highest BCUT2D eigenvalue weighted by atomic mass is 17.2. The summed E-state index contributed by atoms with van der Waals surface area (Å²) >= 11 is 0. The lowest BCUT2D eigenvalue weighted by Crippen LogP contribution is -2.32. The number of hydrogen-bond donors (Lipinski definition) is 0. The molecule has 0 saturated carbocycles. The average molecular weight is 288 g/mol. The lowest BCUT2D eigenvalue weighted by atomic mass is 10.0. The molecular weight excluding hydrogens is 256 g/mol. The summed E-state index contributed by atoms with van der Waals surface area (Å²) in [4.78, 5) is 21.6. The fourth-order valence-electron chi connectivity index (χ4n) is 0.922. The molecule has 0 aliphatic carbocycles. The van der Waals surface area contributed by atoms with Gasteiger partial charge >= 0.3 is 0 Å². The Hall–Kier alpha value is -0.420. The van der Waals surface area contributed by atoms with E-state index in [2.05, 4.69) is 0 Å². The van der Waals surface area contributed by atoms with Gasteiger partial charge in [-0.2, -0.15) is 0 Å². The first-order valence-electron chi connectivity index (χ1n) is 7.06. The zero-order valence-electron chi connectivity index (χ0n) is 14.8. The summed E-state index contributed by atoms with van der Waals surface area (Å²) in [5.74, 6) is 0. The molecule has 0 atom stereocenters. The molecule has 0 saturated heterocycles. The van der Waals surface area contributed by atoms with E-state index in [-0.39, 0.29) is 11.2 Å². The van der Waals surface area contributed by atoms with Crippen LogP contribution >= 0.6 is 0 Å². The van der Waals surface area contributed by atoms with Crippen molar-refractivity contribution in [1.82, 2.24) is 0 Å². The van der Waals surface area contributed by atoms with E-state index in [9.17, 15) is 0 Å². The molecule has 0 aliphatic heterocycles. The van der Waals surface area contributed by atoms with E-state index < -0.39 is 11.2 Å². The van der Waals surface area contributed by atoms with Crippen molar-refractivity contribution in [3.8, 4) is 0 Å². The summed E-state index contributed by atoms with van der Waals surface area (Å²) in [6.45, 7) is 19.4. The van der Waals surface area contributed by atoms with E-state index in [1.165, 1.54) is 0 Å². The van der Waals surface area contributed by atoms with Crippen LogP contribution in [0.4, 0.5) is 0 Å². The second-order valence-electron chi connectivity index (χ2n) is 8.10. The molecule has 0 aromatic rings. The summed E-state index contributed by atoms with van der Waals surface area (Å²) < 4.78 is 0. The van der Waals surface area contributed by atoms with Gasteiger partial charge in [0.15, 0.2) is 0 Å². The monoisotopic (exact) mass is 288 g/mol. The first-order chi connectivity index (χ1) is 8.62. The average Bonchev–Trinajstić information content (AvgIpc) is 2.20. The molecule has 0 spiro atoms. The molecule has 4 nitrogen and oxygen atoms in total. The summed E-state index contributed by atoms with van der Waals surface area (Å²) in [6.07, 6.45) is 3.82. The first kappa shape index (κ1) is 19.6. The molecule has 0 N–H and O–H groups in total. The largest absolute Gasteiger partial charge is 0.230 e. The first-order valence-corrected chi connectivity index (χ1v) is 7.06. The predicted octanol–water partition coefficient (Wildman–Crippen LogP) is 4.59. The van der Waals surface area contributed by atoms with Crippen LogP contribution in [0.3, 0.4) is 0 Å². The molecule has 0 bridgehead atoms. The Balaban J connectivity index is 4.50. The van der Waals surface area contributed by atoms with Gasteiger partial charge in [-0.25, -0.2) is 19.6 Å². The third-order valence-electron chi connectivity index (χ3n) is 1.90. The van der Waals surface area contributed by atoms with Gasteiger partial charge < -0.3 is 0 Å². The van der Waals surface area contributed by atoms with Crippen LogP contribution in [0.25, 0.3) is 0 Å². The van der Waals surface area contributed by atoms with Gasteiger partial charge in [0.1, 0.15) is 11.2 Å². The zero-order chi connectivity index (χ0) is 16.2. The fraction of sp³-hybridized carbons (Fsp3) is 0.875. The molecule has 120 valence electrons. The Kier molecular flexibility index (Phi) is 6.42. The maximum Gasteiger partial charge on any atom is 0.116 e. The van der Waals surface area contributed by atoms with Crippen LogP contribution in [0.2, 0.25) is 0 Å². The van der Waals surface area contributed by atoms with Crippen molar-refractivity contribution in [2.45, 2.75) is 91.6 Å². The highest BCUT2D eigenvalue weighted by molar-refractivity contribution is 5.04. The highest BCUT2D eigenvalue weighted by Gasteiger charge is 2.25. The van der Waals surface area contributed by atoms with Gasteiger partial charge in [0.25, 0.3) is 0 Å². The normalized spacial score (nSPS) is 15.1. The number of rotatable bonds is 6. The Morgan fingerprint density at radius 3 is 0.900 bits per heavy atom. The van der Waals surface area contributed by atoms with E-state index in [1.807, 2.05) is 81.4 Å². The van der Waals surface area contributed by atoms with Crippen molar-refractivity contribution in [3.63, 3.8) is 0 Å². The second kappa shape index (κ2) is 6.56. The molecule has 0 heterocycles. The maximum atomic E-state index is 5.45. The molecule has 0 amide bonds. The lowest BCUT2D eigenvalue weighted by molar-refractivity contribution is -0.390. The second-order valence-corrected chi connectivity index (χ2v) is 8.10. The van der Waals surface area contributed by atoms with E-state index in [4.69, 9.17) is 19.6 Å². The van der Waals surface area contributed by atoms with Crippen LogP contribution in [-0.4, -0.2) is 22.4 Å². The Bertz CT molecular complexity index is 284. The summed E-state index contributed by atoms with van der Waals surface area (Å²) in [5, 5.41) is 0. The molecular formula is C16H32O4. The van der Waals surface area contributed by atoms with Gasteiger partial charge in [-0.05, 0) is 69.2 Å². The molecule has 0 radical (unpaired) electrons. The van der Waals surface area contributed by atoms with Crippen LogP contribution < -0.4 is 0 Å². The Morgan fingerprint density at radius 1 is 0.450 bits per heavy atom. The summed E-state index contributed by atoms with van der Waals surface area (Å²) in [6, 6.07) is 0. The van der Waals surface area contributed by atoms with Gasteiger partial charge in [-0.3, -0.25) is 0 Å². The topological polar surface area (TPSA) is 36.9 Å². The molecule has 4 heteroatoms. The van der Waals surface area contributed by atoms with Crippen LogP contribution in [0.1, 0.15) is 69.2 Å². The van der Waals surface area contributed by atoms with Crippen LogP contribution in [0, 0.1) is 0 Å². The summed E-state index contributed by atoms with van der Waals surface area (Å²) in [5.41, 5.74) is -1.77. The Labute approximate surface area is 124 Å². The molecule has 0 rings (SSSR count). The number of hydrogen-bond acceptors (Lipinski definition) is 4. The van der Waals surface area contributed by atoms with Gasteiger partial charge in [-0.1, -0.05) is 12.2 Å². The SMILES string of the molecule is CC(C)(C)OOC(C)(C)C=CC(C)(C)OOC(C)(C)C. The van der Waals surface area contributed by atoms with Crippen molar-refractivity contribution in [1.29, 1.82) is 0 Å². The van der Waals surface area contributed by atoms with Crippen LogP contribution in [-0.2, 0) is 19.6 Å². The van der Waals surface area contributed by atoms with Gasteiger partial charge in [0.2, 0.25) is 0 Å². The van der Waals surface area contributed by atoms with Crippen molar-refractivity contribution < 1.29 is 19.6 Å². The van der Waals surface area contributed by atoms with Crippen molar-refractivity contribution in [2.24, 2.45) is 0 Å². The Morgan fingerprint density at radius 2 is 0.700 bits per heavy atom.